The van der Waals surface area contributed by atoms with Crippen molar-refractivity contribution in [2.45, 2.75) is 44.9 Å². The van der Waals surface area contributed by atoms with Crippen molar-refractivity contribution in [1.82, 2.24) is 9.78 Å². The number of aromatic nitrogens is 2. The molecule has 0 bridgehead atoms. The Morgan fingerprint density at radius 1 is 1.53 bits per heavy atom. The van der Waals surface area contributed by atoms with Crippen LogP contribution in [0.25, 0.3) is 0 Å². The van der Waals surface area contributed by atoms with Gasteiger partial charge in [0.1, 0.15) is 0 Å². The molecule has 0 spiro atoms. The summed E-state index contributed by atoms with van der Waals surface area (Å²) in [5.41, 5.74) is 1.31. The summed E-state index contributed by atoms with van der Waals surface area (Å²) in [6.45, 7) is 6.71. The largest absolute Gasteiger partial charge is 0.269 e. The van der Waals surface area contributed by atoms with Gasteiger partial charge in [-0.15, -0.1) is 0 Å². The summed E-state index contributed by atoms with van der Waals surface area (Å²) in [6.07, 6.45) is 6.50. The van der Waals surface area contributed by atoms with Crippen molar-refractivity contribution in [1.29, 1.82) is 0 Å². The molecule has 84 valence electrons. The fourth-order valence-electron chi connectivity index (χ4n) is 2.23. The standard InChI is InChI=1S/C12H20N2S/c1-8(2)11-5-12(11)14-7-10(6-13-14)4-9(3)15/h6-9,11-12,15H,4-5H2,1-3H3/t9?,11-,12+/m0/s1. The molecule has 3 atom stereocenters. The van der Waals surface area contributed by atoms with E-state index < -0.39 is 0 Å². The lowest BCUT2D eigenvalue weighted by atomic mass is 10.1. The van der Waals surface area contributed by atoms with Crippen molar-refractivity contribution >= 4 is 12.6 Å². The normalized spacial score (nSPS) is 27.0. The maximum Gasteiger partial charge on any atom is 0.0554 e. The summed E-state index contributed by atoms with van der Waals surface area (Å²) in [5.74, 6) is 1.62. The van der Waals surface area contributed by atoms with Gasteiger partial charge in [0.15, 0.2) is 0 Å². The average Bonchev–Trinajstić information content (AvgIpc) is 2.81. The molecule has 1 fully saturated rings. The van der Waals surface area contributed by atoms with E-state index in [-0.39, 0.29) is 0 Å². The van der Waals surface area contributed by atoms with Gasteiger partial charge in [-0.1, -0.05) is 20.8 Å². The van der Waals surface area contributed by atoms with E-state index in [2.05, 4.69) is 49.4 Å². The predicted molar refractivity (Wildman–Crippen MR) is 66.4 cm³/mol. The number of nitrogens with zero attached hydrogens (tertiary/aromatic N) is 2. The van der Waals surface area contributed by atoms with Crippen LogP contribution in [0.3, 0.4) is 0 Å². The van der Waals surface area contributed by atoms with E-state index in [4.69, 9.17) is 0 Å². The first-order chi connectivity index (χ1) is 7.08. The lowest BCUT2D eigenvalue weighted by molar-refractivity contribution is 0.487. The molecule has 0 aromatic carbocycles. The van der Waals surface area contributed by atoms with Crippen LogP contribution in [0.5, 0.6) is 0 Å². The van der Waals surface area contributed by atoms with Gasteiger partial charge < -0.3 is 0 Å². The molecule has 0 radical (unpaired) electrons. The smallest absolute Gasteiger partial charge is 0.0554 e. The molecule has 1 aliphatic carbocycles. The molecule has 1 aromatic heterocycles. The number of rotatable bonds is 4. The number of thiol groups is 1. The minimum Gasteiger partial charge on any atom is -0.269 e. The molecule has 1 saturated carbocycles. The van der Waals surface area contributed by atoms with Gasteiger partial charge in [-0.3, -0.25) is 4.68 Å². The van der Waals surface area contributed by atoms with Crippen molar-refractivity contribution in [3.05, 3.63) is 18.0 Å². The SMILES string of the molecule is CC(S)Cc1cnn([C@@H]2C[C@H]2C(C)C)c1. The van der Waals surface area contributed by atoms with Crippen molar-refractivity contribution in [3.63, 3.8) is 0 Å². The Balaban J connectivity index is 1.97. The first kappa shape index (κ1) is 11.1. The fourth-order valence-corrected chi connectivity index (χ4v) is 2.44. The van der Waals surface area contributed by atoms with E-state index in [0.29, 0.717) is 11.3 Å². The Labute approximate surface area is 97.5 Å². The summed E-state index contributed by atoms with van der Waals surface area (Å²) in [5, 5.41) is 4.87. The van der Waals surface area contributed by atoms with Crippen LogP contribution in [0.15, 0.2) is 12.4 Å². The van der Waals surface area contributed by atoms with Gasteiger partial charge in [-0.25, -0.2) is 0 Å². The first-order valence-electron chi connectivity index (χ1n) is 5.79. The summed E-state index contributed by atoms with van der Waals surface area (Å²) in [6, 6.07) is 0.661. The molecule has 15 heavy (non-hydrogen) atoms. The van der Waals surface area contributed by atoms with E-state index in [1.54, 1.807) is 0 Å². The zero-order valence-corrected chi connectivity index (χ0v) is 10.6. The highest BCUT2D eigenvalue weighted by atomic mass is 32.1. The highest BCUT2D eigenvalue weighted by molar-refractivity contribution is 7.80. The lowest BCUT2D eigenvalue weighted by Crippen LogP contribution is -2.00. The molecule has 3 heteroatoms. The van der Waals surface area contributed by atoms with Crippen LogP contribution < -0.4 is 0 Å². The first-order valence-corrected chi connectivity index (χ1v) is 6.30. The average molecular weight is 224 g/mol. The van der Waals surface area contributed by atoms with Crippen LogP contribution in [-0.2, 0) is 6.42 Å². The fraction of sp³-hybridized carbons (Fsp3) is 0.750. The summed E-state index contributed by atoms with van der Waals surface area (Å²) >= 11 is 4.40. The molecule has 2 rings (SSSR count). The monoisotopic (exact) mass is 224 g/mol. The molecule has 1 aromatic rings. The molecule has 0 N–H and O–H groups in total. The van der Waals surface area contributed by atoms with E-state index in [0.717, 1.165) is 18.3 Å². The van der Waals surface area contributed by atoms with Gasteiger partial charge in [0.2, 0.25) is 0 Å². The predicted octanol–water partition coefficient (Wildman–Crippen LogP) is 2.96. The molecule has 0 saturated heterocycles. The van der Waals surface area contributed by atoms with Gasteiger partial charge in [-0.05, 0) is 30.2 Å². The van der Waals surface area contributed by atoms with Crippen LogP contribution in [0.4, 0.5) is 0 Å². The summed E-state index contributed by atoms with van der Waals surface area (Å²) in [7, 11) is 0. The van der Waals surface area contributed by atoms with Crippen LogP contribution in [0, 0.1) is 11.8 Å². The van der Waals surface area contributed by atoms with Crippen LogP contribution in [-0.4, -0.2) is 15.0 Å². The van der Waals surface area contributed by atoms with Crippen molar-refractivity contribution in [2.24, 2.45) is 11.8 Å². The van der Waals surface area contributed by atoms with Crippen molar-refractivity contribution in [2.75, 3.05) is 0 Å². The molecule has 1 aliphatic rings. The maximum absolute atomic E-state index is 4.45. The Morgan fingerprint density at radius 3 is 2.80 bits per heavy atom. The Hall–Kier alpha value is -0.440. The van der Waals surface area contributed by atoms with Crippen LogP contribution in [0.1, 0.15) is 38.8 Å². The lowest BCUT2D eigenvalue weighted by Gasteiger charge is -2.03. The third-order valence-electron chi connectivity index (χ3n) is 3.19. The zero-order chi connectivity index (χ0) is 11.0. The molecular weight excluding hydrogens is 204 g/mol. The second-order valence-electron chi connectivity index (χ2n) is 5.09. The second kappa shape index (κ2) is 4.20. The molecule has 2 nitrogen and oxygen atoms in total. The van der Waals surface area contributed by atoms with Crippen LogP contribution >= 0.6 is 12.6 Å². The third-order valence-corrected chi connectivity index (χ3v) is 3.37. The van der Waals surface area contributed by atoms with E-state index >= 15 is 0 Å². The molecule has 1 unspecified atom stereocenters. The molecule has 0 amide bonds. The molecular formula is C12H20N2S. The minimum atomic E-state index is 0.419. The van der Waals surface area contributed by atoms with E-state index in [1.807, 2.05) is 6.20 Å². The zero-order valence-electron chi connectivity index (χ0n) is 9.72. The van der Waals surface area contributed by atoms with E-state index in [1.165, 1.54) is 12.0 Å². The molecule has 0 aliphatic heterocycles. The van der Waals surface area contributed by atoms with Crippen molar-refractivity contribution < 1.29 is 0 Å². The highest BCUT2D eigenvalue weighted by Gasteiger charge is 2.41. The highest BCUT2D eigenvalue weighted by Crippen LogP contribution is 2.47. The van der Waals surface area contributed by atoms with Crippen molar-refractivity contribution in [3.8, 4) is 0 Å². The quantitative estimate of drug-likeness (QED) is 0.779. The summed E-state index contributed by atoms with van der Waals surface area (Å²) in [4.78, 5) is 0. The Kier molecular flexibility index (Phi) is 3.10. The second-order valence-corrected chi connectivity index (χ2v) is 5.97. The Morgan fingerprint density at radius 2 is 2.27 bits per heavy atom. The van der Waals surface area contributed by atoms with Gasteiger partial charge in [-0.2, -0.15) is 17.7 Å². The van der Waals surface area contributed by atoms with Gasteiger partial charge in [0.25, 0.3) is 0 Å². The topological polar surface area (TPSA) is 17.8 Å². The number of hydrogen-bond donors (Lipinski definition) is 1. The summed E-state index contributed by atoms with van der Waals surface area (Å²) < 4.78 is 2.15. The molecule has 1 heterocycles. The Bertz CT molecular complexity index is 330. The maximum atomic E-state index is 4.45. The minimum absolute atomic E-state index is 0.419. The van der Waals surface area contributed by atoms with Gasteiger partial charge in [0.05, 0.1) is 12.2 Å². The third kappa shape index (κ3) is 2.57. The van der Waals surface area contributed by atoms with Gasteiger partial charge >= 0.3 is 0 Å². The van der Waals surface area contributed by atoms with Gasteiger partial charge in [0, 0.05) is 11.4 Å². The number of hydrogen-bond acceptors (Lipinski definition) is 2. The van der Waals surface area contributed by atoms with Crippen LogP contribution in [0.2, 0.25) is 0 Å². The van der Waals surface area contributed by atoms with E-state index in [9.17, 15) is 0 Å².